The maximum absolute atomic E-state index is 12.7. The second-order valence-electron chi connectivity index (χ2n) is 6.55. The molecular weight excluding hydrogens is 348 g/mol. The minimum atomic E-state index is -0.541. The Hall–Kier alpha value is -2.57. The highest BCUT2D eigenvalue weighted by atomic mass is 16.5. The number of likely N-dealkylation sites (tertiary alicyclic amines) is 1. The predicted octanol–water partition coefficient (Wildman–Crippen LogP) is 2.06. The second kappa shape index (κ2) is 9.94. The molecular formula is C20H28N2O5. The molecule has 0 spiro atoms. The molecule has 27 heavy (non-hydrogen) atoms. The van der Waals surface area contributed by atoms with Crippen LogP contribution in [0.1, 0.15) is 44.2 Å². The highest BCUT2D eigenvalue weighted by Crippen LogP contribution is 2.41. The van der Waals surface area contributed by atoms with Crippen molar-refractivity contribution < 1.29 is 23.9 Å². The van der Waals surface area contributed by atoms with Gasteiger partial charge in [-0.1, -0.05) is 31.5 Å². The summed E-state index contributed by atoms with van der Waals surface area (Å²) in [6, 6.07) is 6.94. The summed E-state index contributed by atoms with van der Waals surface area (Å²) in [5, 5.41) is 2.43. The van der Waals surface area contributed by atoms with Crippen molar-refractivity contribution in [1.82, 2.24) is 10.2 Å². The molecule has 2 rings (SSSR count). The Morgan fingerprint density at radius 3 is 2.70 bits per heavy atom. The van der Waals surface area contributed by atoms with E-state index in [1.807, 2.05) is 24.3 Å². The van der Waals surface area contributed by atoms with Gasteiger partial charge in [-0.25, -0.2) is 0 Å². The molecule has 1 heterocycles. The lowest BCUT2D eigenvalue weighted by molar-refractivity contribution is -0.159. The van der Waals surface area contributed by atoms with Gasteiger partial charge in [-0.05, 0) is 18.9 Å². The summed E-state index contributed by atoms with van der Waals surface area (Å²) in [6.07, 6.45) is 2.46. The van der Waals surface area contributed by atoms with E-state index in [0.717, 1.165) is 18.4 Å². The molecule has 2 amide bonds. The van der Waals surface area contributed by atoms with Crippen LogP contribution >= 0.6 is 0 Å². The van der Waals surface area contributed by atoms with Crippen LogP contribution in [0.15, 0.2) is 24.3 Å². The number of methoxy groups -OCH3 is 1. The molecule has 2 atom stereocenters. The van der Waals surface area contributed by atoms with E-state index in [4.69, 9.17) is 9.47 Å². The van der Waals surface area contributed by atoms with Gasteiger partial charge in [0.25, 0.3) is 5.91 Å². The van der Waals surface area contributed by atoms with Crippen molar-refractivity contribution in [1.29, 1.82) is 0 Å². The van der Waals surface area contributed by atoms with Crippen molar-refractivity contribution in [3.8, 4) is 5.75 Å². The largest absolute Gasteiger partial charge is 0.496 e. The number of carbonyl (C=O) groups excluding carboxylic acids is 3. The molecule has 0 aliphatic carbocycles. The number of esters is 1. The van der Waals surface area contributed by atoms with Crippen molar-refractivity contribution in [2.24, 2.45) is 5.92 Å². The maximum Gasteiger partial charge on any atom is 0.311 e. The average Bonchev–Trinajstić information content (AvgIpc) is 2.70. The van der Waals surface area contributed by atoms with Crippen LogP contribution in [0.2, 0.25) is 0 Å². The molecule has 7 heteroatoms. The van der Waals surface area contributed by atoms with Gasteiger partial charge >= 0.3 is 5.97 Å². The Labute approximate surface area is 160 Å². The molecule has 7 nitrogen and oxygen atoms in total. The lowest BCUT2D eigenvalue weighted by Gasteiger charge is -2.40. The van der Waals surface area contributed by atoms with Crippen LogP contribution in [0, 0.1) is 5.92 Å². The van der Waals surface area contributed by atoms with Crippen LogP contribution in [-0.4, -0.2) is 50.0 Å². The number of unbranched alkanes of at least 4 members (excludes halogenated alkanes) is 1. The smallest absolute Gasteiger partial charge is 0.311 e. The van der Waals surface area contributed by atoms with Crippen LogP contribution in [0.4, 0.5) is 0 Å². The molecule has 0 radical (unpaired) electrons. The molecule has 0 unspecified atom stereocenters. The van der Waals surface area contributed by atoms with Crippen LogP contribution in [-0.2, 0) is 19.1 Å². The molecule has 1 aromatic rings. The van der Waals surface area contributed by atoms with Gasteiger partial charge in [0.15, 0.2) is 6.61 Å². The first-order valence-electron chi connectivity index (χ1n) is 9.33. The number of rotatable bonds is 8. The first kappa shape index (κ1) is 20.7. The topological polar surface area (TPSA) is 84.9 Å². The molecule has 1 aliphatic rings. The minimum Gasteiger partial charge on any atom is -0.496 e. The van der Waals surface area contributed by atoms with E-state index in [-0.39, 0.29) is 24.8 Å². The molecule has 148 valence electrons. The standard InChI is InChI=1S/C20H28N2O5/c1-4-5-12-22-18(24)11-10-15(20(25)27-13-17(23)21-2)19(22)14-8-6-7-9-16(14)26-3/h6-9,15,19H,4-5,10-13H2,1-3H3,(H,21,23)/t15-,19-/m0/s1. The van der Waals surface area contributed by atoms with Gasteiger partial charge in [-0.2, -0.15) is 0 Å². The number of amides is 2. The number of nitrogens with zero attached hydrogens (tertiary/aromatic N) is 1. The predicted molar refractivity (Wildman–Crippen MR) is 100 cm³/mol. The van der Waals surface area contributed by atoms with Gasteiger partial charge in [0.2, 0.25) is 5.91 Å². The number of hydrogen-bond donors (Lipinski definition) is 1. The number of ether oxygens (including phenoxy) is 2. The molecule has 0 aromatic heterocycles. The van der Waals surface area contributed by atoms with Gasteiger partial charge < -0.3 is 19.7 Å². The highest BCUT2D eigenvalue weighted by Gasteiger charge is 2.42. The third kappa shape index (κ3) is 4.99. The van der Waals surface area contributed by atoms with Crippen molar-refractivity contribution in [3.05, 3.63) is 29.8 Å². The molecule has 1 fully saturated rings. The van der Waals surface area contributed by atoms with Crippen molar-refractivity contribution in [3.63, 3.8) is 0 Å². The lowest BCUT2D eigenvalue weighted by atomic mass is 9.83. The quantitative estimate of drug-likeness (QED) is 0.702. The zero-order valence-electron chi connectivity index (χ0n) is 16.2. The van der Waals surface area contributed by atoms with Crippen molar-refractivity contribution in [2.45, 2.75) is 38.6 Å². The van der Waals surface area contributed by atoms with E-state index < -0.39 is 17.9 Å². The Kier molecular flexibility index (Phi) is 7.64. The first-order chi connectivity index (χ1) is 13.0. The van der Waals surface area contributed by atoms with Crippen molar-refractivity contribution in [2.75, 3.05) is 27.3 Å². The van der Waals surface area contributed by atoms with E-state index in [1.165, 1.54) is 7.05 Å². The summed E-state index contributed by atoms with van der Waals surface area (Å²) >= 11 is 0. The molecule has 1 aromatic carbocycles. The number of para-hydroxylation sites is 1. The van der Waals surface area contributed by atoms with Gasteiger partial charge in [0.05, 0.1) is 19.1 Å². The number of piperidine rings is 1. The number of benzene rings is 1. The van der Waals surface area contributed by atoms with Gasteiger partial charge in [0.1, 0.15) is 5.75 Å². The average molecular weight is 376 g/mol. The molecule has 1 saturated heterocycles. The first-order valence-corrected chi connectivity index (χ1v) is 9.33. The SMILES string of the molecule is CCCCN1C(=O)CC[C@H](C(=O)OCC(=O)NC)[C@@H]1c1ccccc1OC. The molecule has 0 bridgehead atoms. The molecule has 0 saturated carbocycles. The maximum atomic E-state index is 12.7. The number of nitrogens with one attached hydrogen (secondary N) is 1. The fraction of sp³-hybridized carbons (Fsp3) is 0.550. The summed E-state index contributed by atoms with van der Waals surface area (Å²) in [7, 11) is 3.05. The van der Waals surface area contributed by atoms with Crippen LogP contribution in [0.25, 0.3) is 0 Å². The highest BCUT2D eigenvalue weighted by molar-refractivity contribution is 5.84. The summed E-state index contributed by atoms with van der Waals surface area (Å²) in [5.74, 6) is -0.728. The van der Waals surface area contributed by atoms with E-state index >= 15 is 0 Å². The van der Waals surface area contributed by atoms with E-state index in [2.05, 4.69) is 12.2 Å². The van der Waals surface area contributed by atoms with Gasteiger partial charge in [-0.3, -0.25) is 14.4 Å². The van der Waals surface area contributed by atoms with E-state index in [1.54, 1.807) is 12.0 Å². The monoisotopic (exact) mass is 376 g/mol. The summed E-state index contributed by atoms with van der Waals surface area (Å²) < 4.78 is 10.7. The Morgan fingerprint density at radius 1 is 1.30 bits per heavy atom. The number of carbonyl (C=O) groups is 3. The van der Waals surface area contributed by atoms with E-state index in [9.17, 15) is 14.4 Å². The van der Waals surface area contributed by atoms with Crippen LogP contribution in [0.5, 0.6) is 5.75 Å². The number of likely N-dealkylation sites (N-methyl/N-ethyl adjacent to an activating group) is 1. The van der Waals surface area contributed by atoms with Crippen LogP contribution in [0.3, 0.4) is 0 Å². The third-order valence-electron chi connectivity index (χ3n) is 4.84. The number of hydrogen-bond acceptors (Lipinski definition) is 5. The van der Waals surface area contributed by atoms with Gasteiger partial charge in [-0.15, -0.1) is 0 Å². The third-order valence-corrected chi connectivity index (χ3v) is 4.84. The molecule has 1 N–H and O–H groups in total. The second-order valence-corrected chi connectivity index (χ2v) is 6.55. The summed E-state index contributed by atoms with van der Waals surface area (Å²) in [4.78, 5) is 38.6. The molecule has 1 aliphatic heterocycles. The summed E-state index contributed by atoms with van der Waals surface area (Å²) in [6.45, 7) is 2.30. The Balaban J connectivity index is 2.36. The minimum absolute atomic E-state index is 0.0229. The normalized spacial score (nSPS) is 19.5. The Bertz CT molecular complexity index is 676. The lowest BCUT2D eigenvalue weighted by Crippen LogP contribution is -2.46. The van der Waals surface area contributed by atoms with Crippen molar-refractivity contribution >= 4 is 17.8 Å². The fourth-order valence-electron chi connectivity index (χ4n) is 3.40. The van der Waals surface area contributed by atoms with E-state index in [0.29, 0.717) is 18.7 Å². The fourth-order valence-corrected chi connectivity index (χ4v) is 3.40. The summed E-state index contributed by atoms with van der Waals surface area (Å²) in [5.41, 5.74) is 0.783. The zero-order valence-corrected chi connectivity index (χ0v) is 16.2. The van der Waals surface area contributed by atoms with Crippen LogP contribution < -0.4 is 10.1 Å². The van der Waals surface area contributed by atoms with Gasteiger partial charge in [0, 0.05) is 25.6 Å². The Morgan fingerprint density at radius 2 is 2.04 bits per heavy atom. The zero-order chi connectivity index (χ0) is 19.8.